The Labute approximate surface area is 440 Å². The third-order valence-electron chi connectivity index (χ3n) is 12.9. The molecule has 10 atom stereocenters. The second-order valence-corrected chi connectivity index (χ2v) is 18.6. The Morgan fingerprint density at radius 3 is 1.08 bits per heavy atom. The monoisotopic (exact) mass is 1020 g/mol. The number of methoxy groups -OCH3 is 1. The SMILES string of the molecule is CO[C@H]1O[C@H](CO[C@@H]2O[C@H](COCc3ccccc3)[C@@H](OCc3ccccc3)[C@H](OCc3ccccc3)[C@H]2OC(=S)c2ccccc2)[C@@H](OCc2ccccc2)[C@H](OCc2ccccc2)[C@H]1OCc1ccccc1. The van der Waals surface area contributed by atoms with E-state index >= 15 is 0 Å². The molecule has 0 aromatic heterocycles. The summed E-state index contributed by atoms with van der Waals surface area (Å²) in [5.41, 5.74) is 6.62. The smallest absolute Gasteiger partial charge is 0.198 e. The minimum absolute atomic E-state index is 0.0585. The summed E-state index contributed by atoms with van der Waals surface area (Å²) in [5.74, 6) is 0. The minimum Gasteiger partial charge on any atom is -0.471 e. The Bertz CT molecular complexity index is 2660. The minimum atomic E-state index is -1.10. The summed E-state index contributed by atoms with van der Waals surface area (Å²) in [6.45, 7) is 1.75. The van der Waals surface area contributed by atoms with Crippen molar-refractivity contribution in [2.24, 2.45) is 0 Å². The molecular formula is C62H64O11S. The number of benzene rings is 7. The summed E-state index contributed by atoms with van der Waals surface area (Å²) in [6, 6.07) is 69.6. The molecule has 2 saturated heterocycles. The van der Waals surface area contributed by atoms with Crippen LogP contribution in [0.3, 0.4) is 0 Å². The maximum atomic E-state index is 7.09. The van der Waals surface area contributed by atoms with E-state index < -0.39 is 61.4 Å². The van der Waals surface area contributed by atoms with Gasteiger partial charge in [-0.2, -0.15) is 0 Å². The predicted octanol–water partition coefficient (Wildman–Crippen LogP) is 11.0. The largest absolute Gasteiger partial charge is 0.471 e. The molecule has 2 fully saturated rings. The summed E-state index contributed by atoms with van der Waals surface area (Å²) < 4.78 is 75.1. The van der Waals surface area contributed by atoms with Crippen molar-refractivity contribution in [3.63, 3.8) is 0 Å². The molecule has 0 amide bonds. The molecule has 0 radical (unpaired) electrons. The first-order valence-electron chi connectivity index (χ1n) is 25.2. The summed E-state index contributed by atoms with van der Waals surface area (Å²) >= 11 is 6.07. The fourth-order valence-corrected chi connectivity index (χ4v) is 9.34. The van der Waals surface area contributed by atoms with Crippen molar-refractivity contribution in [1.29, 1.82) is 0 Å². The average Bonchev–Trinajstić information content (AvgIpc) is 3.46. The molecule has 0 spiro atoms. The van der Waals surface area contributed by atoms with Gasteiger partial charge in [-0.25, -0.2) is 0 Å². The van der Waals surface area contributed by atoms with Gasteiger partial charge in [0.05, 0.1) is 52.9 Å². The molecule has 11 nitrogen and oxygen atoms in total. The van der Waals surface area contributed by atoms with E-state index in [4.69, 9.17) is 64.3 Å². The maximum Gasteiger partial charge on any atom is 0.198 e. The normalized spacial score (nSPS) is 23.7. The molecule has 74 heavy (non-hydrogen) atoms. The van der Waals surface area contributed by atoms with Gasteiger partial charge in [-0.05, 0) is 45.6 Å². The highest BCUT2D eigenvalue weighted by molar-refractivity contribution is 7.80. The lowest BCUT2D eigenvalue weighted by atomic mass is 9.96. The van der Waals surface area contributed by atoms with Crippen LogP contribution >= 0.6 is 12.2 Å². The van der Waals surface area contributed by atoms with Gasteiger partial charge in [0, 0.05) is 12.7 Å². The van der Waals surface area contributed by atoms with Gasteiger partial charge >= 0.3 is 0 Å². The van der Waals surface area contributed by atoms with Crippen LogP contribution < -0.4 is 0 Å². The van der Waals surface area contributed by atoms with Crippen LogP contribution in [0.15, 0.2) is 212 Å². The third-order valence-corrected chi connectivity index (χ3v) is 13.2. The highest BCUT2D eigenvalue weighted by atomic mass is 32.1. The van der Waals surface area contributed by atoms with E-state index in [0.29, 0.717) is 12.2 Å². The van der Waals surface area contributed by atoms with Crippen LogP contribution in [0.4, 0.5) is 0 Å². The first kappa shape index (κ1) is 52.9. The van der Waals surface area contributed by atoms with E-state index in [-0.39, 0.29) is 51.3 Å². The van der Waals surface area contributed by atoms with Gasteiger partial charge in [0.2, 0.25) is 0 Å². The molecule has 0 unspecified atom stereocenters. The Balaban J connectivity index is 1.06. The molecule has 12 heteroatoms. The van der Waals surface area contributed by atoms with Crippen LogP contribution in [0.5, 0.6) is 0 Å². The zero-order valence-corrected chi connectivity index (χ0v) is 42.4. The second-order valence-electron chi connectivity index (χ2n) is 18.2. The highest BCUT2D eigenvalue weighted by Gasteiger charge is 2.53. The number of ether oxygens (including phenoxy) is 11. The molecule has 2 heterocycles. The molecule has 7 aromatic carbocycles. The van der Waals surface area contributed by atoms with Crippen LogP contribution in [0.2, 0.25) is 0 Å². The van der Waals surface area contributed by atoms with Crippen LogP contribution in [-0.2, 0) is 91.7 Å². The molecule has 2 aliphatic rings. The Kier molecular flexibility index (Phi) is 20.1. The predicted molar refractivity (Wildman–Crippen MR) is 284 cm³/mol. The van der Waals surface area contributed by atoms with E-state index in [1.54, 1.807) is 7.11 Å². The van der Waals surface area contributed by atoms with E-state index in [9.17, 15) is 0 Å². The zero-order chi connectivity index (χ0) is 50.6. The molecule has 0 aliphatic carbocycles. The third kappa shape index (κ3) is 15.1. The summed E-state index contributed by atoms with van der Waals surface area (Å²) in [4.78, 5) is 0. The quantitative estimate of drug-likeness (QED) is 0.0510. The van der Waals surface area contributed by atoms with Crippen molar-refractivity contribution in [3.05, 3.63) is 251 Å². The summed E-state index contributed by atoms with van der Waals surface area (Å²) in [7, 11) is 1.60. The fraction of sp³-hybridized carbons (Fsp3) is 0.306. The number of thiocarbonyl (C=S) groups is 1. The Hall–Kier alpha value is -5.97. The van der Waals surface area contributed by atoms with Gasteiger partial charge in [-0.15, -0.1) is 0 Å². The molecular weight excluding hydrogens is 953 g/mol. The molecule has 9 rings (SSSR count). The maximum absolute atomic E-state index is 7.09. The lowest BCUT2D eigenvalue weighted by Crippen LogP contribution is -2.64. The number of hydrogen-bond donors (Lipinski definition) is 0. The first-order chi connectivity index (χ1) is 36.6. The van der Waals surface area contributed by atoms with Gasteiger partial charge in [0.25, 0.3) is 0 Å². The van der Waals surface area contributed by atoms with Gasteiger partial charge in [-0.1, -0.05) is 212 Å². The highest BCUT2D eigenvalue weighted by Crippen LogP contribution is 2.35. The van der Waals surface area contributed by atoms with Crippen molar-refractivity contribution >= 4 is 17.3 Å². The van der Waals surface area contributed by atoms with Crippen LogP contribution in [0, 0.1) is 0 Å². The van der Waals surface area contributed by atoms with Crippen molar-refractivity contribution in [1.82, 2.24) is 0 Å². The molecule has 2 aliphatic heterocycles. The standard InChI is InChI=1S/C62H64O11S/c1-63-60-58(69-42-50-33-19-7-20-34-50)56(67-40-48-29-15-5-16-30-48)55(66-39-47-27-13-4-14-28-47)53(71-60)44-70-61-59(73-62(74)51-35-21-8-22-36-51)57(68-41-49-31-17-6-18-32-49)54(65-38-46-25-11-3-12-26-46)52(72-61)43-64-37-45-23-9-2-10-24-45/h2-36,52-61H,37-44H2,1H3/t52-,53-,54-,55-,56+,57+,58-,59-,60+,61-/m1/s1. The van der Waals surface area contributed by atoms with Crippen molar-refractivity contribution in [3.8, 4) is 0 Å². The van der Waals surface area contributed by atoms with E-state index in [2.05, 4.69) is 0 Å². The Morgan fingerprint density at radius 1 is 0.351 bits per heavy atom. The zero-order valence-electron chi connectivity index (χ0n) is 41.5. The lowest BCUT2D eigenvalue weighted by Gasteiger charge is -2.47. The van der Waals surface area contributed by atoms with E-state index in [1.165, 1.54) is 0 Å². The second kappa shape index (κ2) is 28.1. The van der Waals surface area contributed by atoms with Crippen molar-refractivity contribution in [2.45, 2.75) is 101 Å². The first-order valence-corrected chi connectivity index (χ1v) is 25.6. The van der Waals surface area contributed by atoms with Gasteiger partial charge in [0.15, 0.2) is 23.7 Å². The van der Waals surface area contributed by atoms with Gasteiger partial charge in [0.1, 0.15) is 42.7 Å². The number of hydrogen-bond acceptors (Lipinski definition) is 12. The molecule has 0 bridgehead atoms. The van der Waals surface area contributed by atoms with Crippen LogP contribution in [0.25, 0.3) is 0 Å². The van der Waals surface area contributed by atoms with Crippen molar-refractivity contribution < 1.29 is 52.1 Å². The van der Waals surface area contributed by atoms with E-state index in [0.717, 1.165) is 33.4 Å². The molecule has 384 valence electrons. The van der Waals surface area contributed by atoms with Crippen LogP contribution in [0.1, 0.15) is 38.9 Å². The average molecular weight is 1020 g/mol. The van der Waals surface area contributed by atoms with Crippen LogP contribution in [-0.4, -0.2) is 86.8 Å². The molecule has 0 saturated carbocycles. The van der Waals surface area contributed by atoms with Gasteiger partial charge in [-0.3, -0.25) is 0 Å². The summed E-state index contributed by atoms with van der Waals surface area (Å²) in [6.07, 6.45) is -8.11. The Morgan fingerprint density at radius 2 is 0.676 bits per heavy atom. The summed E-state index contributed by atoms with van der Waals surface area (Å²) in [5, 5.41) is 0.243. The fourth-order valence-electron chi connectivity index (χ4n) is 9.09. The molecule has 0 N–H and O–H groups in total. The molecule has 7 aromatic rings. The van der Waals surface area contributed by atoms with Crippen molar-refractivity contribution in [2.75, 3.05) is 20.3 Å². The van der Waals surface area contributed by atoms with E-state index in [1.807, 2.05) is 212 Å². The lowest BCUT2D eigenvalue weighted by molar-refractivity contribution is -0.345. The van der Waals surface area contributed by atoms with Gasteiger partial charge < -0.3 is 52.1 Å². The topological polar surface area (TPSA) is 102 Å². The number of rotatable bonds is 25.